The molecule has 3 atom stereocenters. The summed E-state index contributed by atoms with van der Waals surface area (Å²) in [6.45, 7) is 11.9. The van der Waals surface area contributed by atoms with Gasteiger partial charge in [-0.2, -0.15) is 0 Å². The summed E-state index contributed by atoms with van der Waals surface area (Å²) in [5.74, 6) is 2.42. The normalized spacial score (nSPS) is 25.1. The Balaban J connectivity index is 0.629. The number of hydrogen-bond donors (Lipinski definition) is 2. The van der Waals surface area contributed by atoms with Crippen LogP contribution in [0.25, 0.3) is 0 Å². The average molecular weight is 1050 g/mol. The minimum Gasteiger partial charge on any atom is -0.377 e. The third kappa shape index (κ3) is 14.6. The molecule has 1 aromatic carbocycles. The van der Waals surface area contributed by atoms with Crippen molar-refractivity contribution < 1.29 is 42.1 Å². The van der Waals surface area contributed by atoms with Crippen molar-refractivity contribution in [1.29, 1.82) is 0 Å². The first-order valence-corrected chi connectivity index (χ1v) is 28.8. The maximum absolute atomic E-state index is 13.9. The van der Waals surface area contributed by atoms with Crippen LogP contribution in [-0.2, 0) is 33.3 Å². The Morgan fingerprint density at radius 1 is 0.733 bits per heavy atom. The number of aryl methyl sites for hydroxylation is 1. The number of hydrogen-bond acceptors (Lipinski definition) is 11. The van der Waals surface area contributed by atoms with E-state index in [2.05, 4.69) is 60.0 Å². The van der Waals surface area contributed by atoms with Crippen LogP contribution < -0.4 is 10.6 Å². The Morgan fingerprint density at radius 3 is 2.00 bits per heavy atom. The van der Waals surface area contributed by atoms with Gasteiger partial charge in [-0.05, 0) is 146 Å². The summed E-state index contributed by atoms with van der Waals surface area (Å²) in [6, 6.07) is 11.3. The number of ether oxygens (including phenoxy) is 4. The molecule has 4 aliphatic heterocycles. The van der Waals surface area contributed by atoms with Crippen molar-refractivity contribution in [3.05, 3.63) is 47.5 Å². The Labute approximate surface area is 444 Å². The van der Waals surface area contributed by atoms with Crippen LogP contribution in [0.3, 0.4) is 0 Å². The number of carbonyl (C=O) groups is 3. The van der Waals surface area contributed by atoms with Crippen molar-refractivity contribution in [2.75, 3.05) is 98.7 Å². The number of nitrogens with zero attached hydrogens (tertiary/aromatic N) is 6. The number of aromatic nitrogens is 3. The number of fused-ring (bicyclic) bond motifs is 2. The molecular formula is C58H86F2N8O7. The Morgan fingerprint density at radius 2 is 1.35 bits per heavy atom. The van der Waals surface area contributed by atoms with E-state index < -0.39 is 5.92 Å². The zero-order valence-corrected chi connectivity index (χ0v) is 44.8. The molecule has 2 aromatic rings. The standard InChI is InChI=1S/C58H86F2N8O7/c1-3-29-72-31-33-74-35-36-75-34-32-73-30-22-61-54(70)47-41-56(42-47)18-25-65(26-19-56)23-7-10-52(69)66-27-20-57(21-28-66)39-46(40-57)53-64-63-43(2)68(53)50-37-48-11-12-49(38-50)67(48)24-15-51(44-8-5-4-6-9-44)62-55(71)45-13-16-58(59,60)17-14-45/h1,4-6,8-9,45-51H,7,10-42H2,2H3,(H,61,70)(H,62,71)/t48?,49?,50?,51-/m0/s1. The van der Waals surface area contributed by atoms with E-state index in [1.807, 2.05) is 18.2 Å². The lowest BCUT2D eigenvalue weighted by Crippen LogP contribution is -2.51. The van der Waals surface area contributed by atoms with E-state index >= 15 is 0 Å². The molecule has 17 heteroatoms. The summed E-state index contributed by atoms with van der Waals surface area (Å²) in [5.41, 5.74) is 1.65. The summed E-state index contributed by atoms with van der Waals surface area (Å²) >= 11 is 0. The van der Waals surface area contributed by atoms with E-state index in [4.69, 9.17) is 30.5 Å². The van der Waals surface area contributed by atoms with Crippen molar-refractivity contribution in [3.63, 3.8) is 0 Å². The van der Waals surface area contributed by atoms with Gasteiger partial charge in [-0.25, -0.2) is 8.78 Å². The number of alkyl halides is 2. The molecule has 2 N–H and O–H groups in total. The van der Waals surface area contributed by atoms with Crippen LogP contribution in [0.1, 0.15) is 157 Å². The van der Waals surface area contributed by atoms with Gasteiger partial charge in [0.15, 0.2) is 0 Å². The number of carbonyl (C=O) groups excluding carboxylic acids is 3. The highest BCUT2D eigenvalue weighted by molar-refractivity contribution is 5.80. The number of nitrogens with one attached hydrogen (secondary N) is 2. The number of halogens is 2. The molecule has 1 aromatic heterocycles. The quantitative estimate of drug-likeness (QED) is 0.0717. The SMILES string of the molecule is C#CCOCCOCCOCCOCCNC(=O)C1CC2(CCN(CCCC(=O)N3CCC4(CC3)CC(c3nnc(C)n3C3CC5CCC(C3)N5CC[C@H](NC(=O)C3CCC(F)(F)CC3)c3ccccc3)C4)CC2)C1. The highest BCUT2D eigenvalue weighted by atomic mass is 19.3. The molecule has 3 amide bonds. The summed E-state index contributed by atoms with van der Waals surface area (Å²) in [4.78, 5) is 47.0. The average Bonchev–Trinajstić information content (AvgIpc) is 3.90. The van der Waals surface area contributed by atoms with Crippen LogP contribution in [0.5, 0.6) is 0 Å². The van der Waals surface area contributed by atoms with Crippen LogP contribution in [0, 0.1) is 41.9 Å². The maximum atomic E-state index is 13.9. The van der Waals surface area contributed by atoms with Crippen molar-refractivity contribution in [3.8, 4) is 12.3 Å². The van der Waals surface area contributed by atoms with E-state index in [-0.39, 0.29) is 60.8 Å². The molecule has 5 heterocycles. The van der Waals surface area contributed by atoms with E-state index in [0.29, 0.717) is 101 Å². The zero-order valence-electron chi connectivity index (χ0n) is 44.8. The van der Waals surface area contributed by atoms with E-state index in [1.54, 1.807) is 0 Å². The predicted octanol–water partition coefficient (Wildman–Crippen LogP) is 7.40. The molecule has 0 radical (unpaired) electrons. The smallest absolute Gasteiger partial charge is 0.248 e. The molecule has 7 aliphatic rings. The molecule has 7 fully saturated rings. The van der Waals surface area contributed by atoms with Gasteiger partial charge in [0, 0.05) is 81.3 Å². The Bertz CT molecular complexity index is 2170. The second-order valence-corrected chi connectivity index (χ2v) is 23.5. The lowest BCUT2D eigenvalue weighted by Gasteiger charge is -2.52. The molecule has 414 valence electrons. The van der Waals surface area contributed by atoms with Crippen LogP contribution in [0.2, 0.25) is 0 Å². The number of amides is 3. The first-order chi connectivity index (χ1) is 36.4. The molecular weight excluding hydrogens is 959 g/mol. The molecule has 9 rings (SSSR count). The van der Waals surface area contributed by atoms with Crippen LogP contribution in [-0.4, -0.2) is 164 Å². The second kappa shape index (κ2) is 26.1. The van der Waals surface area contributed by atoms with Gasteiger partial charge < -0.3 is 43.9 Å². The van der Waals surface area contributed by atoms with Gasteiger partial charge in [0.05, 0.1) is 52.3 Å². The molecule has 75 heavy (non-hydrogen) atoms. The molecule has 15 nitrogen and oxygen atoms in total. The minimum atomic E-state index is -2.66. The first kappa shape index (κ1) is 55.7. The topological polar surface area (TPSA) is 153 Å². The highest BCUT2D eigenvalue weighted by Gasteiger charge is 2.51. The van der Waals surface area contributed by atoms with Gasteiger partial charge in [-0.3, -0.25) is 19.3 Å². The first-order valence-electron chi connectivity index (χ1n) is 28.8. The maximum Gasteiger partial charge on any atom is 0.248 e. The van der Waals surface area contributed by atoms with Crippen molar-refractivity contribution in [2.45, 2.75) is 165 Å². The lowest BCUT2D eigenvalue weighted by atomic mass is 9.57. The third-order valence-electron chi connectivity index (χ3n) is 18.7. The summed E-state index contributed by atoms with van der Waals surface area (Å²) in [7, 11) is 0. The number of rotatable bonds is 26. The highest BCUT2D eigenvalue weighted by Crippen LogP contribution is 2.57. The Kier molecular flexibility index (Phi) is 19.4. The third-order valence-corrected chi connectivity index (χ3v) is 18.7. The fourth-order valence-electron chi connectivity index (χ4n) is 14.2. The van der Waals surface area contributed by atoms with Crippen molar-refractivity contribution in [2.24, 2.45) is 22.7 Å². The van der Waals surface area contributed by atoms with E-state index in [9.17, 15) is 23.2 Å². The van der Waals surface area contributed by atoms with Gasteiger partial charge in [0.1, 0.15) is 18.3 Å². The summed E-state index contributed by atoms with van der Waals surface area (Å²) < 4.78 is 52.0. The largest absolute Gasteiger partial charge is 0.377 e. The van der Waals surface area contributed by atoms with E-state index in [0.717, 1.165) is 134 Å². The van der Waals surface area contributed by atoms with Crippen molar-refractivity contribution >= 4 is 17.7 Å². The number of likely N-dealkylation sites (tertiary alicyclic amines) is 2. The van der Waals surface area contributed by atoms with Gasteiger partial charge >= 0.3 is 0 Å². The lowest BCUT2D eigenvalue weighted by molar-refractivity contribution is -0.135. The van der Waals surface area contributed by atoms with Crippen molar-refractivity contribution in [1.82, 2.24) is 40.1 Å². The van der Waals surface area contributed by atoms with Gasteiger partial charge in [-0.1, -0.05) is 36.3 Å². The summed E-state index contributed by atoms with van der Waals surface area (Å²) in [6.07, 6.45) is 20.5. The molecule has 2 spiro atoms. The molecule has 3 aliphatic carbocycles. The molecule has 2 unspecified atom stereocenters. The van der Waals surface area contributed by atoms with Crippen LogP contribution in [0.15, 0.2) is 30.3 Å². The number of terminal acetylenes is 1. The number of benzene rings is 1. The second-order valence-electron chi connectivity index (χ2n) is 23.5. The van der Waals surface area contributed by atoms with Gasteiger partial charge in [0.2, 0.25) is 23.6 Å². The molecule has 3 saturated carbocycles. The molecule has 4 saturated heterocycles. The van der Waals surface area contributed by atoms with Gasteiger partial charge in [-0.15, -0.1) is 16.6 Å². The summed E-state index contributed by atoms with van der Waals surface area (Å²) in [5, 5.41) is 15.9. The zero-order chi connectivity index (χ0) is 52.3. The minimum absolute atomic E-state index is 0.0889. The fraction of sp³-hybridized carbons (Fsp3) is 0.776. The predicted molar refractivity (Wildman–Crippen MR) is 281 cm³/mol. The molecule has 2 bridgehead atoms. The van der Waals surface area contributed by atoms with Crippen LogP contribution >= 0.6 is 0 Å². The fourth-order valence-corrected chi connectivity index (χ4v) is 14.2. The van der Waals surface area contributed by atoms with E-state index in [1.165, 1.54) is 12.8 Å². The van der Waals surface area contributed by atoms with Crippen LogP contribution in [0.4, 0.5) is 8.78 Å². The van der Waals surface area contributed by atoms with Gasteiger partial charge in [0.25, 0.3) is 0 Å². The monoisotopic (exact) mass is 1040 g/mol. The number of piperidine rings is 3. The Hall–Kier alpha value is -4.05.